The Hall–Kier alpha value is -2.35. The van der Waals surface area contributed by atoms with E-state index in [1.807, 2.05) is 6.92 Å². The zero-order valence-electron chi connectivity index (χ0n) is 26.7. The molecule has 7 aliphatic rings. The Balaban J connectivity index is 1.19. The van der Waals surface area contributed by atoms with Gasteiger partial charge in [0.2, 0.25) is 5.75 Å². The van der Waals surface area contributed by atoms with Gasteiger partial charge in [0.1, 0.15) is 5.75 Å². The number of rotatable bonds is 10. The second-order valence-electron chi connectivity index (χ2n) is 15.9. The molecule has 10 atom stereocenters. The van der Waals surface area contributed by atoms with Gasteiger partial charge in [-0.15, -0.1) is 0 Å². The van der Waals surface area contributed by atoms with Crippen LogP contribution in [0.1, 0.15) is 107 Å². The third kappa shape index (κ3) is 4.43. The summed E-state index contributed by atoms with van der Waals surface area (Å²) in [5, 5.41) is 14.6. The van der Waals surface area contributed by atoms with Gasteiger partial charge in [-0.05, 0) is 130 Å². The van der Waals surface area contributed by atoms with E-state index in [2.05, 4.69) is 10.4 Å². The lowest BCUT2D eigenvalue weighted by molar-refractivity contribution is -0.385. The Labute approximate surface area is 262 Å². The van der Waals surface area contributed by atoms with Crippen molar-refractivity contribution in [3.05, 3.63) is 27.8 Å². The van der Waals surface area contributed by atoms with Crippen LogP contribution in [0.3, 0.4) is 0 Å². The molecular formula is C36H51N3O5. The molecule has 1 heterocycles. The number of nitro benzene ring substituents is 1. The predicted octanol–water partition coefficient (Wildman–Crippen LogP) is 7.41. The van der Waals surface area contributed by atoms with Gasteiger partial charge in [0.15, 0.2) is 0 Å². The van der Waals surface area contributed by atoms with Crippen molar-refractivity contribution < 1.29 is 19.2 Å². The lowest BCUT2D eigenvalue weighted by atomic mass is 9.55. The molecule has 1 aromatic carbocycles. The third-order valence-electron chi connectivity index (χ3n) is 14.1. The summed E-state index contributed by atoms with van der Waals surface area (Å²) < 4.78 is 11.4. The zero-order chi connectivity index (χ0) is 30.2. The van der Waals surface area contributed by atoms with E-state index in [4.69, 9.17) is 9.47 Å². The number of ether oxygens (including phenoxy) is 2. The van der Waals surface area contributed by atoms with Crippen LogP contribution in [0, 0.1) is 69.3 Å². The molecule has 0 spiro atoms. The maximum atomic E-state index is 14.4. The number of carbonyl (C=O) groups excluding carboxylic acids is 1. The highest BCUT2D eigenvalue weighted by Crippen LogP contribution is 2.68. The largest absolute Gasteiger partial charge is 0.496 e. The van der Waals surface area contributed by atoms with Crippen molar-refractivity contribution >= 4 is 11.6 Å². The van der Waals surface area contributed by atoms with Gasteiger partial charge in [0.05, 0.1) is 24.2 Å². The Morgan fingerprint density at radius 3 is 2.02 bits per heavy atom. The van der Waals surface area contributed by atoms with Crippen molar-refractivity contribution in [2.24, 2.45) is 59.2 Å². The molecule has 1 aliphatic heterocycles. The lowest BCUT2D eigenvalue weighted by Crippen LogP contribution is -2.66. The van der Waals surface area contributed by atoms with Gasteiger partial charge in [-0.25, -0.2) is 5.01 Å². The van der Waals surface area contributed by atoms with E-state index in [0.29, 0.717) is 30.1 Å². The first-order valence-electron chi connectivity index (χ1n) is 18.0. The third-order valence-corrected chi connectivity index (χ3v) is 14.1. The fraction of sp³-hybridized carbons (Fsp3) is 0.806. The predicted molar refractivity (Wildman–Crippen MR) is 167 cm³/mol. The number of fused-ring (bicyclic) bond motifs is 6. The summed E-state index contributed by atoms with van der Waals surface area (Å²) >= 11 is 0. The number of hydrogen-bond donors (Lipinski definition) is 1. The average molecular weight is 606 g/mol. The van der Waals surface area contributed by atoms with Crippen LogP contribution in [0.15, 0.2) is 12.1 Å². The highest BCUT2D eigenvalue weighted by molar-refractivity contribution is 5.98. The minimum Gasteiger partial charge on any atom is -0.496 e. The summed E-state index contributed by atoms with van der Waals surface area (Å²) in [6.07, 6.45) is 18.4. The number of hydrazine groups is 1. The Bertz CT molecular complexity index is 1270. The number of nitro groups is 1. The van der Waals surface area contributed by atoms with Crippen molar-refractivity contribution in [3.8, 4) is 11.5 Å². The molecule has 6 saturated carbocycles. The standard InChI is InChI=1S/C36H51N3O5/c1-3-12-44-34-20-33(43-2)28(19-32(34)39(41)42)35(40)37-38-11-10-29(27-16-21-4-7-24(27)13-21)36(38,30-17-22-5-8-25(30)14-22)31-18-23-6-9-26(31)15-23/h19-27,29-31H,3-18H2,1-2H3,(H,37,40)/t21-,22-,23-,24-,25-,26-,27-,29-,30-,31-/m0/s1. The quantitative estimate of drug-likeness (QED) is 0.221. The number of nitrogens with one attached hydrogen (secondary N) is 1. The van der Waals surface area contributed by atoms with Crippen LogP contribution in [-0.2, 0) is 0 Å². The number of benzene rings is 1. The molecule has 1 aromatic rings. The Morgan fingerprint density at radius 2 is 1.52 bits per heavy atom. The van der Waals surface area contributed by atoms with Crippen LogP contribution in [0.5, 0.6) is 11.5 Å². The van der Waals surface area contributed by atoms with Crippen LogP contribution in [0.25, 0.3) is 0 Å². The monoisotopic (exact) mass is 605 g/mol. The highest BCUT2D eigenvalue weighted by atomic mass is 16.6. The molecular weight excluding hydrogens is 554 g/mol. The van der Waals surface area contributed by atoms with Gasteiger partial charge in [-0.2, -0.15) is 0 Å². The summed E-state index contributed by atoms with van der Waals surface area (Å²) in [4.78, 5) is 26.0. The first-order valence-corrected chi connectivity index (χ1v) is 18.0. The first kappa shape index (κ1) is 29.1. The van der Waals surface area contributed by atoms with E-state index >= 15 is 0 Å². The molecule has 6 aliphatic carbocycles. The highest BCUT2D eigenvalue weighted by Gasteiger charge is 2.68. The molecule has 8 rings (SSSR count). The zero-order valence-corrected chi connectivity index (χ0v) is 26.7. The van der Waals surface area contributed by atoms with Gasteiger partial charge in [-0.1, -0.05) is 26.2 Å². The molecule has 8 nitrogen and oxygen atoms in total. The molecule has 1 saturated heterocycles. The van der Waals surface area contributed by atoms with Gasteiger partial charge >= 0.3 is 5.69 Å². The van der Waals surface area contributed by atoms with E-state index in [-0.39, 0.29) is 28.4 Å². The number of nitrogens with zero attached hydrogens (tertiary/aromatic N) is 2. The van der Waals surface area contributed by atoms with E-state index in [1.165, 1.54) is 96.3 Å². The molecule has 0 unspecified atom stereocenters. The fourth-order valence-electron chi connectivity index (χ4n) is 12.8. The summed E-state index contributed by atoms with van der Waals surface area (Å²) in [5.41, 5.74) is 3.55. The van der Waals surface area contributed by atoms with E-state index in [9.17, 15) is 14.9 Å². The van der Waals surface area contributed by atoms with Crippen molar-refractivity contribution in [1.29, 1.82) is 0 Å². The number of amides is 1. The minimum absolute atomic E-state index is 0.00612. The van der Waals surface area contributed by atoms with E-state index in [0.717, 1.165) is 60.8 Å². The molecule has 1 N–H and O–H groups in total. The Kier molecular flexibility index (Phi) is 7.38. The molecule has 1 amide bonds. The second kappa shape index (κ2) is 11.2. The van der Waals surface area contributed by atoms with Crippen LogP contribution in [0.4, 0.5) is 5.69 Å². The van der Waals surface area contributed by atoms with Gasteiger partial charge < -0.3 is 9.47 Å². The average Bonchev–Trinajstić information content (AvgIpc) is 3.89. The van der Waals surface area contributed by atoms with Crippen molar-refractivity contribution in [2.45, 2.75) is 102 Å². The summed E-state index contributed by atoms with van der Waals surface area (Å²) in [6.45, 7) is 3.21. The summed E-state index contributed by atoms with van der Waals surface area (Å²) in [7, 11) is 1.53. The maximum Gasteiger partial charge on any atom is 0.312 e. The smallest absolute Gasteiger partial charge is 0.312 e. The van der Waals surface area contributed by atoms with E-state index in [1.54, 1.807) is 0 Å². The lowest BCUT2D eigenvalue weighted by Gasteiger charge is -2.57. The van der Waals surface area contributed by atoms with Gasteiger partial charge in [0, 0.05) is 24.2 Å². The Morgan fingerprint density at radius 1 is 0.886 bits per heavy atom. The molecule has 44 heavy (non-hydrogen) atoms. The SMILES string of the molecule is CCCOc1cc(OC)c(C(=O)NN2CC[C@@H]([C@H]3C[C@H]4CC[C@H]3C4)C2([C@H]2C[C@H]3CC[C@H]2C3)[C@H]2C[C@H]3CC[C@H]2C3)cc1[N+](=O)[O-]. The van der Waals surface area contributed by atoms with Crippen LogP contribution < -0.4 is 14.9 Å². The topological polar surface area (TPSA) is 93.9 Å². The molecule has 7 fully saturated rings. The molecule has 240 valence electrons. The number of methoxy groups -OCH3 is 1. The molecule has 0 radical (unpaired) electrons. The number of hydrogen-bond acceptors (Lipinski definition) is 6. The molecule has 8 heteroatoms. The van der Waals surface area contributed by atoms with Crippen LogP contribution >= 0.6 is 0 Å². The first-order chi connectivity index (χ1) is 21.4. The molecule has 0 aromatic heterocycles. The second-order valence-corrected chi connectivity index (χ2v) is 15.9. The minimum atomic E-state index is -0.447. The fourth-order valence-corrected chi connectivity index (χ4v) is 12.8. The van der Waals surface area contributed by atoms with Crippen LogP contribution in [-0.4, -0.2) is 41.6 Å². The normalized spacial score (nSPS) is 39.8. The summed E-state index contributed by atoms with van der Waals surface area (Å²) in [5.74, 6) is 7.87. The van der Waals surface area contributed by atoms with Gasteiger partial charge in [0.25, 0.3) is 5.91 Å². The van der Waals surface area contributed by atoms with Gasteiger partial charge in [-0.3, -0.25) is 20.3 Å². The van der Waals surface area contributed by atoms with Crippen molar-refractivity contribution in [3.63, 3.8) is 0 Å². The van der Waals surface area contributed by atoms with E-state index < -0.39 is 4.92 Å². The maximum absolute atomic E-state index is 14.4. The van der Waals surface area contributed by atoms with Crippen molar-refractivity contribution in [2.75, 3.05) is 20.3 Å². The summed E-state index contributed by atoms with van der Waals surface area (Å²) in [6, 6.07) is 2.91. The van der Waals surface area contributed by atoms with Crippen molar-refractivity contribution in [1.82, 2.24) is 10.4 Å². The number of carbonyl (C=O) groups is 1. The van der Waals surface area contributed by atoms with Crippen LogP contribution in [0.2, 0.25) is 0 Å². The molecule has 6 bridgehead atoms.